The average Bonchev–Trinajstić information content (AvgIpc) is 3.21. The summed E-state index contributed by atoms with van der Waals surface area (Å²) in [5.74, 6) is 1.81. The Bertz CT molecular complexity index is 978. The maximum Gasteiger partial charge on any atom is 0.270 e. The highest BCUT2D eigenvalue weighted by molar-refractivity contribution is 5.93. The van der Waals surface area contributed by atoms with Crippen LogP contribution in [0.15, 0.2) is 60.9 Å². The van der Waals surface area contributed by atoms with Crippen LogP contribution in [0.4, 0.5) is 5.82 Å². The quantitative estimate of drug-likeness (QED) is 0.687. The van der Waals surface area contributed by atoms with Gasteiger partial charge in [-0.25, -0.2) is 9.97 Å². The first-order valence-electron chi connectivity index (χ1n) is 8.99. The summed E-state index contributed by atoms with van der Waals surface area (Å²) in [4.78, 5) is 20.8. The second-order valence-corrected chi connectivity index (χ2v) is 6.44. The molecule has 2 heterocycles. The predicted molar refractivity (Wildman–Crippen MR) is 104 cm³/mol. The number of ether oxygens (including phenoxy) is 2. The zero-order valence-electron chi connectivity index (χ0n) is 15.4. The van der Waals surface area contributed by atoms with Crippen molar-refractivity contribution < 1.29 is 14.3 Å². The van der Waals surface area contributed by atoms with Crippen LogP contribution in [0.1, 0.15) is 34.6 Å². The number of nitrogens with zero attached hydrogens (tertiary/aromatic N) is 2. The van der Waals surface area contributed by atoms with E-state index in [1.165, 1.54) is 6.33 Å². The molecule has 1 aliphatic rings. The minimum absolute atomic E-state index is 0.117. The van der Waals surface area contributed by atoms with Gasteiger partial charge in [-0.15, -0.1) is 0 Å². The number of fused-ring (bicyclic) bond motifs is 1. The normalized spacial score (nSPS) is 13.0. The fourth-order valence-corrected chi connectivity index (χ4v) is 2.92. The molecule has 0 aliphatic carbocycles. The van der Waals surface area contributed by atoms with Crippen molar-refractivity contribution >= 4 is 11.7 Å². The van der Waals surface area contributed by atoms with Crippen LogP contribution >= 0.6 is 0 Å². The molecule has 3 aromatic rings. The van der Waals surface area contributed by atoms with E-state index in [2.05, 4.69) is 20.6 Å². The summed E-state index contributed by atoms with van der Waals surface area (Å²) in [7, 11) is 0. The van der Waals surface area contributed by atoms with Gasteiger partial charge in [-0.1, -0.05) is 36.4 Å². The highest BCUT2D eigenvalue weighted by Gasteiger charge is 2.15. The molecular formula is C21H20N4O3. The van der Waals surface area contributed by atoms with Crippen LogP contribution in [0.2, 0.25) is 0 Å². The van der Waals surface area contributed by atoms with E-state index in [1.54, 1.807) is 6.07 Å². The van der Waals surface area contributed by atoms with Gasteiger partial charge in [-0.05, 0) is 30.2 Å². The van der Waals surface area contributed by atoms with Crippen molar-refractivity contribution in [2.45, 2.75) is 19.5 Å². The van der Waals surface area contributed by atoms with E-state index in [0.717, 1.165) is 22.6 Å². The molecule has 1 amide bonds. The van der Waals surface area contributed by atoms with E-state index in [-0.39, 0.29) is 18.7 Å². The molecule has 1 unspecified atom stereocenters. The Hall–Kier alpha value is -3.61. The lowest BCUT2D eigenvalue weighted by molar-refractivity contribution is 0.0934. The third-order valence-corrected chi connectivity index (χ3v) is 4.46. The largest absolute Gasteiger partial charge is 0.454 e. The van der Waals surface area contributed by atoms with E-state index in [0.29, 0.717) is 18.1 Å². The smallest absolute Gasteiger partial charge is 0.270 e. The third-order valence-electron chi connectivity index (χ3n) is 4.46. The van der Waals surface area contributed by atoms with E-state index >= 15 is 0 Å². The summed E-state index contributed by atoms with van der Waals surface area (Å²) in [6, 6.07) is 17.1. The number of nitrogens with one attached hydrogen (secondary N) is 2. The van der Waals surface area contributed by atoms with Gasteiger partial charge >= 0.3 is 0 Å². The highest BCUT2D eigenvalue weighted by Crippen LogP contribution is 2.32. The van der Waals surface area contributed by atoms with Crippen LogP contribution in [0.25, 0.3) is 0 Å². The summed E-state index contributed by atoms with van der Waals surface area (Å²) >= 11 is 0. The lowest BCUT2D eigenvalue weighted by Crippen LogP contribution is -2.27. The van der Waals surface area contributed by atoms with Crippen molar-refractivity contribution in [2.75, 3.05) is 12.1 Å². The first-order valence-corrected chi connectivity index (χ1v) is 8.99. The number of carbonyl (C=O) groups excluding carboxylic acids is 1. The molecule has 2 aromatic carbocycles. The van der Waals surface area contributed by atoms with E-state index in [4.69, 9.17) is 9.47 Å². The van der Waals surface area contributed by atoms with Gasteiger partial charge in [0.25, 0.3) is 5.91 Å². The molecule has 0 bridgehead atoms. The number of hydrogen-bond donors (Lipinski definition) is 2. The van der Waals surface area contributed by atoms with Crippen LogP contribution in [-0.2, 0) is 6.54 Å². The molecule has 0 fully saturated rings. The third kappa shape index (κ3) is 4.03. The van der Waals surface area contributed by atoms with Gasteiger partial charge in [0.2, 0.25) is 6.79 Å². The topological polar surface area (TPSA) is 85.4 Å². The van der Waals surface area contributed by atoms with Crippen molar-refractivity contribution in [2.24, 2.45) is 0 Å². The number of aromatic nitrogens is 2. The van der Waals surface area contributed by atoms with Crippen LogP contribution < -0.4 is 20.1 Å². The second kappa shape index (κ2) is 7.96. The molecule has 4 rings (SSSR count). The molecule has 1 atom stereocenters. The zero-order chi connectivity index (χ0) is 19.3. The molecule has 1 aliphatic heterocycles. The SMILES string of the molecule is CC(NC(=O)c1cc(NCc2ccc3c(c2)OCO3)ncn1)c1ccccc1. The van der Waals surface area contributed by atoms with Crippen molar-refractivity contribution in [1.29, 1.82) is 0 Å². The van der Waals surface area contributed by atoms with Gasteiger partial charge in [0.15, 0.2) is 11.5 Å². The number of carbonyl (C=O) groups is 1. The van der Waals surface area contributed by atoms with E-state index in [9.17, 15) is 4.79 Å². The van der Waals surface area contributed by atoms with Crippen LogP contribution in [-0.4, -0.2) is 22.7 Å². The standard InChI is InChI=1S/C21H20N4O3/c1-14(16-5-3-2-4-6-16)25-21(26)17-10-20(24-12-23-17)22-11-15-7-8-18-19(9-15)28-13-27-18/h2-10,12,14H,11,13H2,1H3,(H,25,26)(H,22,23,24). The maximum absolute atomic E-state index is 12.5. The number of hydrogen-bond acceptors (Lipinski definition) is 6. The Morgan fingerprint density at radius 3 is 2.75 bits per heavy atom. The monoisotopic (exact) mass is 376 g/mol. The van der Waals surface area contributed by atoms with Gasteiger partial charge in [0, 0.05) is 12.6 Å². The van der Waals surface area contributed by atoms with E-state index < -0.39 is 0 Å². The Kier molecular flexibility index (Phi) is 5.05. The number of rotatable bonds is 6. The molecular weight excluding hydrogens is 356 g/mol. The van der Waals surface area contributed by atoms with Crippen molar-refractivity contribution in [3.63, 3.8) is 0 Å². The Morgan fingerprint density at radius 2 is 1.89 bits per heavy atom. The first-order chi connectivity index (χ1) is 13.7. The molecule has 28 heavy (non-hydrogen) atoms. The number of anilines is 1. The van der Waals surface area contributed by atoms with Crippen molar-refractivity contribution in [1.82, 2.24) is 15.3 Å². The average molecular weight is 376 g/mol. The van der Waals surface area contributed by atoms with Crippen molar-refractivity contribution in [3.8, 4) is 11.5 Å². The molecule has 0 radical (unpaired) electrons. The molecule has 0 saturated carbocycles. The summed E-state index contributed by atoms with van der Waals surface area (Å²) in [6.07, 6.45) is 1.38. The molecule has 1 aromatic heterocycles. The minimum atomic E-state index is -0.245. The lowest BCUT2D eigenvalue weighted by atomic mass is 10.1. The molecule has 7 nitrogen and oxygen atoms in total. The number of benzene rings is 2. The summed E-state index contributed by atoms with van der Waals surface area (Å²) in [6.45, 7) is 2.72. The maximum atomic E-state index is 12.5. The summed E-state index contributed by atoms with van der Waals surface area (Å²) in [5.41, 5.74) is 2.36. The number of amides is 1. The predicted octanol–water partition coefficient (Wildman–Crippen LogP) is 3.31. The Balaban J connectivity index is 1.39. The summed E-state index contributed by atoms with van der Waals surface area (Å²) < 4.78 is 10.7. The van der Waals surface area contributed by atoms with Gasteiger partial charge in [0.1, 0.15) is 17.8 Å². The summed E-state index contributed by atoms with van der Waals surface area (Å²) in [5, 5.41) is 6.16. The van der Waals surface area contributed by atoms with Gasteiger partial charge in [0.05, 0.1) is 6.04 Å². The molecule has 0 spiro atoms. The fourth-order valence-electron chi connectivity index (χ4n) is 2.92. The highest BCUT2D eigenvalue weighted by atomic mass is 16.7. The lowest BCUT2D eigenvalue weighted by Gasteiger charge is -2.14. The van der Waals surface area contributed by atoms with Crippen molar-refractivity contribution in [3.05, 3.63) is 77.7 Å². The second-order valence-electron chi connectivity index (χ2n) is 6.44. The van der Waals surface area contributed by atoms with Gasteiger partial charge in [-0.2, -0.15) is 0 Å². The zero-order valence-corrected chi connectivity index (χ0v) is 15.4. The van der Waals surface area contributed by atoms with Crippen LogP contribution in [0.5, 0.6) is 11.5 Å². The first kappa shape index (κ1) is 17.8. The molecule has 7 heteroatoms. The van der Waals surface area contributed by atoms with Gasteiger partial charge < -0.3 is 20.1 Å². The van der Waals surface area contributed by atoms with Crippen LogP contribution in [0, 0.1) is 0 Å². The Morgan fingerprint density at radius 1 is 1.07 bits per heavy atom. The fraction of sp³-hybridized carbons (Fsp3) is 0.190. The van der Waals surface area contributed by atoms with Gasteiger partial charge in [-0.3, -0.25) is 4.79 Å². The van der Waals surface area contributed by atoms with Crippen LogP contribution in [0.3, 0.4) is 0 Å². The molecule has 0 saturated heterocycles. The molecule has 142 valence electrons. The Labute approximate surface area is 162 Å². The minimum Gasteiger partial charge on any atom is -0.454 e. The molecule has 2 N–H and O–H groups in total. The van der Waals surface area contributed by atoms with E-state index in [1.807, 2.05) is 55.5 Å².